The van der Waals surface area contributed by atoms with Gasteiger partial charge in [-0.05, 0) is 47.0 Å². The second-order valence-electron chi connectivity index (χ2n) is 7.19. The minimum absolute atomic E-state index is 0.0362. The van der Waals surface area contributed by atoms with Gasteiger partial charge in [0.1, 0.15) is 12.3 Å². The van der Waals surface area contributed by atoms with Gasteiger partial charge >= 0.3 is 0 Å². The molecule has 1 rings (SSSR count). The van der Waals surface area contributed by atoms with E-state index >= 15 is 0 Å². The average molecular weight is 382 g/mol. The van der Waals surface area contributed by atoms with Crippen molar-refractivity contribution < 1.29 is 19.0 Å². The molecular weight excluding hydrogens is 344 g/mol. The molecule has 0 radical (unpaired) electrons. The number of anilines is 1. The number of rotatable bonds is 13. The lowest BCUT2D eigenvalue weighted by Crippen LogP contribution is -3.11. The summed E-state index contributed by atoms with van der Waals surface area (Å²) in [6.45, 7) is 13.6. The molecule has 0 unspecified atom stereocenters. The summed E-state index contributed by atoms with van der Waals surface area (Å²) in [6, 6.07) is 1.70. The summed E-state index contributed by atoms with van der Waals surface area (Å²) in [5, 5.41) is 6.49. The average Bonchev–Trinajstić information content (AvgIpc) is 3.05. The fourth-order valence-corrected chi connectivity index (χ4v) is 3.13. The van der Waals surface area contributed by atoms with Gasteiger partial charge in [-0.25, -0.2) is 0 Å². The summed E-state index contributed by atoms with van der Waals surface area (Å²) in [5.74, 6) is 0.824. The van der Waals surface area contributed by atoms with Crippen LogP contribution in [0.5, 0.6) is 0 Å². The largest absolute Gasteiger partial charge is 0.360 e. The third kappa shape index (κ3) is 8.56. The van der Waals surface area contributed by atoms with Gasteiger partial charge < -0.3 is 19.6 Å². The van der Waals surface area contributed by atoms with Crippen molar-refractivity contribution in [1.82, 2.24) is 10.1 Å². The zero-order valence-electron chi connectivity index (χ0n) is 17.6. The van der Waals surface area contributed by atoms with Crippen molar-refractivity contribution >= 4 is 17.6 Å². The van der Waals surface area contributed by atoms with Crippen LogP contribution in [0.15, 0.2) is 10.6 Å². The second-order valence-corrected chi connectivity index (χ2v) is 7.19. The maximum atomic E-state index is 12.7. The van der Waals surface area contributed by atoms with Crippen LogP contribution in [0.4, 0.5) is 5.82 Å². The van der Waals surface area contributed by atoms with E-state index in [1.165, 1.54) is 0 Å². The van der Waals surface area contributed by atoms with Crippen molar-refractivity contribution in [1.29, 1.82) is 0 Å². The van der Waals surface area contributed by atoms with Crippen LogP contribution in [-0.4, -0.2) is 54.1 Å². The van der Waals surface area contributed by atoms with Crippen molar-refractivity contribution in [3.63, 3.8) is 0 Å². The number of quaternary nitrogens is 1. The SMILES string of the molecule is CCCCC(=O)N(CC(=O)Nc1cc(C)on1)[C@@H](C)CCC[NH+](CC)CC. The molecular formula is C20H37N4O3+. The fraction of sp³-hybridized carbons (Fsp3) is 0.750. The zero-order chi connectivity index (χ0) is 20.2. The molecule has 1 heterocycles. The molecule has 2 N–H and O–H groups in total. The van der Waals surface area contributed by atoms with Gasteiger partial charge in [-0.3, -0.25) is 9.59 Å². The van der Waals surface area contributed by atoms with E-state index < -0.39 is 0 Å². The molecule has 0 fully saturated rings. The van der Waals surface area contributed by atoms with E-state index in [0.717, 1.165) is 45.3 Å². The lowest BCUT2D eigenvalue weighted by molar-refractivity contribution is -0.896. The lowest BCUT2D eigenvalue weighted by Gasteiger charge is -2.29. The molecule has 7 heteroatoms. The zero-order valence-corrected chi connectivity index (χ0v) is 17.6. The van der Waals surface area contributed by atoms with Crippen LogP contribution >= 0.6 is 0 Å². The third-order valence-corrected chi connectivity index (χ3v) is 4.96. The number of hydrogen-bond donors (Lipinski definition) is 2. The smallest absolute Gasteiger partial charge is 0.245 e. The monoisotopic (exact) mass is 381 g/mol. The number of carbonyl (C=O) groups is 2. The van der Waals surface area contributed by atoms with Crippen molar-refractivity contribution in [2.45, 2.75) is 72.8 Å². The first-order valence-corrected chi connectivity index (χ1v) is 10.3. The van der Waals surface area contributed by atoms with Gasteiger partial charge in [-0.15, -0.1) is 0 Å². The number of nitrogens with zero attached hydrogens (tertiary/aromatic N) is 2. The Balaban J connectivity index is 2.64. The molecule has 1 aromatic heterocycles. The number of hydrogen-bond acceptors (Lipinski definition) is 4. The van der Waals surface area contributed by atoms with E-state index in [-0.39, 0.29) is 24.4 Å². The second kappa shape index (κ2) is 12.5. The van der Waals surface area contributed by atoms with E-state index in [2.05, 4.69) is 31.2 Å². The Morgan fingerprint density at radius 1 is 1.26 bits per heavy atom. The van der Waals surface area contributed by atoms with Crippen molar-refractivity contribution in [2.24, 2.45) is 0 Å². The van der Waals surface area contributed by atoms with Crippen molar-refractivity contribution in [2.75, 3.05) is 31.5 Å². The first-order chi connectivity index (χ1) is 12.9. The van der Waals surface area contributed by atoms with Crippen LogP contribution in [0.2, 0.25) is 0 Å². The Kier molecular flexibility index (Phi) is 10.7. The van der Waals surface area contributed by atoms with Gasteiger partial charge in [0.25, 0.3) is 0 Å². The molecule has 27 heavy (non-hydrogen) atoms. The standard InChI is InChI=1S/C20H36N4O3/c1-6-9-12-20(26)24(16(4)11-10-13-23(7-2)8-3)15-19(25)21-18-14-17(5)27-22-18/h14,16H,6-13,15H2,1-5H3,(H,21,22,25)/p+1/t16-/m0/s1. The number of unbranched alkanes of at least 4 members (excludes halogenated alkanes) is 1. The summed E-state index contributed by atoms with van der Waals surface area (Å²) in [4.78, 5) is 28.3. The van der Waals surface area contributed by atoms with Gasteiger partial charge in [0.2, 0.25) is 11.8 Å². The fourth-order valence-electron chi connectivity index (χ4n) is 3.13. The summed E-state index contributed by atoms with van der Waals surface area (Å²) < 4.78 is 4.97. The molecule has 0 aliphatic carbocycles. The minimum atomic E-state index is -0.241. The van der Waals surface area contributed by atoms with Crippen LogP contribution in [0.3, 0.4) is 0 Å². The van der Waals surface area contributed by atoms with E-state index in [9.17, 15) is 9.59 Å². The molecule has 0 aliphatic rings. The van der Waals surface area contributed by atoms with Crippen LogP contribution in [0.1, 0.15) is 65.6 Å². The van der Waals surface area contributed by atoms with E-state index in [1.54, 1.807) is 22.8 Å². The Morgan fingerprint density at radius 2 is 1.96 bits per heavy atom. The molecule has 0 spiro atoms. The van der Waals surface area contributed by atoms with Crippen LogP contribution in [0, 0.1) is 6.92 Å². The predicted octanol–water partition coefficient (Wildman–Crippen LogP) is 2.03. The number of nitrogens with one attached hydrogen (secondary N) is 2. The molecule has 154 valence electrons. The van der Waals surface area contributed by atoms with Crippen molar-refractivity contribution in [3.8, 4) is 0 Å². The molecule has 1 aromatic rings. The summed E-state index contributed by atoms with van der Waals surface area (Å²) in [5.41, 5.74) is 0. The van der Waals surface area contributed by atoms with Crippen molar-refractivity contribution in [3.05, 3.63) is 11.8 Å². The van der Waals surface area contributed by atoms with Crippen LogP contribution in [0.25, 0.3) is 0 Å². The van der Waals surface area contributed by atoms with Gasteiger partial charge in [0.05, 0.1) is 19.6 Å². The minimum Gasteiger partial charge on any atom is -0.360 e. The van der Waals surface area contributed by atoms with Gasteiger partial charge in [0.15, 0.2) is 5.82 Å². The summed E-state index contributed by atoms with van der Waals surface area (Å²) in [7, 11) is 0. The normalized spacial score (nSPS) is 12.2. The van der Waals surface area contributed by atoms with Gasteiger partial charge in [0, 0.05) is 18.5 Å². The molecule has 0 bridgehead atoms. The summed E-state index contributed by atoms with van der Waals surface area (Å²) in [6.07, 6.45) is 4.23. The number of amides is 2. The highest BCUT2D eigenvalue weighted by molar-refractivity contribution is 5.93. The van der Waals surface area contributed by atoms with E-state index in [0.29, 0.717) is 18.0 Å². The Labute approximate surface area is 163 Å². The molecule has 2 amide bonds. The third-order valence-electron chi connectivity index (χ3n) is 4.96. The van der Waals surface area contributed by atoms with Gasteiger partial charge in [-0.1, -0.05) is 18.5 Å². The molecule has 0 aromatic carbocycles. The Morgan fingerprint density at radius 3 is 2.52 bits per heavy atom. The number of carbonyl (C=O) groups excluding carboxylic acids is 2. The Hall–Kier alpha value is -1.89. The quantitative estimate of drug-likeness (QED) is 0.548. The molecule has 7 nitrogen and oxygen atoms in total. The number of aromatic nitrogens is 1. The molecule has 0 saturated carbocycles. The highest BCUT2D eigenvalue weighted by Crippen LogP contribution is 2.12. The Bertz CT molecular complexity index is 569. The van der Waals surface area contributed by atoms with E-state index in [4.69, 9.17) is 4.52 Å². The first kappa shape index (κ1) is 23.1. The van der Waals surface area contributed by atoms with Crippen LogP contribution < -0.4 is 10.2 Å². The molecule has 1 atom stereocenters. The summed E-state index contributed by atoms with van der Waals surface area (Å²) >= 11 is 0. The highest BCUT2D eigenvalue weighted by Gasteiger charge is 2.23. The highest BCUT2D eigenvalue weighted by atomic mass is 16.5. The molecule has 0 saturated heterocycles. The maximum absolute atomic E-state index is 12.7. The van der Waals surface area contributed by atoms with Crippen LogP contribution in [-0.2, 0) is 9.59 Å². The molecule has 0 aliphatic heterocycles. The van der Waals surface area contributed by atoms with Gasteiger partial charge in [-0.2, -0.15) is 0 Å². The predicted molar refractivity (Wildman–Crippen MR) is 107 cm³/mol. The lowest BCUT2D eigenvalue weighted by atomic mass is 10.1. The number of aryl methyl sites for hydroxylation is 1. The maximum Gasteiger partial charge on any atom is 0.245 e. The van der Waals surface area contributed by atoms with E-state index in [1.807, 2.05) is 6.92 Å². The topological polar surface area (TPSA) is 79.9 Å². The first-order valence-electron chi connectivity index (χ1n) is 10.3.